The number of hydrogen-bond acceptors (Lipinski definition) is 5. The summed E-state index contributed by atoms with van der Waals surface area (Å²) in [5.74, 6) is -2.76. The van der Waals surface area contributed by atoms with Crippen LogP contribution in [0.15, 0.2) is 35.3 Å². The third kappa shape index (κ3) is 6.62. The van der Waals surface area contributed by atoms with E-state index in [2.05, 4.69) is 15.3 Å². The van der Waals surface area contributed by atoms with Crippen LogP contribution in [0.2, 0.25) is 10.0 Å². The molecule has 2 N–H and O–H groups in total. The lowest BCUT2D eigenvalue weighted by molar-refractivity contribution is -0.192. The second kappa shape index (κ2) is 9.95. The van der Waals surface area contributed by atoms with Crippen molar-refractivity contribution in [2.24, 2.45) is 0 Å². The van der Waals surface area contributed by atoms with Gasteiger partial charge in [0.2, 0.25) is 0 Å². The first-order valence-corrected chi connectivity index (χ1v) is 9.11. The SMILES string of the molecule is O=C(O)C(F)(F)F.O=c1cc(N2CCNCC2)cnn1Cc1c(Cl)cccc1Cl. The molecular weight excluding hydrogens is 436 g/mol. The number of carbonyl (C=O) groups is 1. The van der Waals surface area contributed by atoms with Crippen molar-refractivity contribution in [2.45, 2.75) is 12.7 Å². The topological polar surface area (TPSA) is 87.5 Å². The lowest BCUT2D eigenvalue weighted by Crippen LogP contribution is -2.44. The van der Waals surface area contributed by atoms with E-state index in [1.807, 2.05) is 0 Å². The Morgan fingerprint density at radius 2 is 1.76 bits per heavy atom. The monoisotopic (exact) mass is 452 g/mol. The Labute approximate surface area is 173 Å². The van der Waals surface area contributed by atoms with Crippen LogP contribution in [0.25, 0.3) is 0 Å². The van der Waals surface area contributed by atoms with Gasteiger partial charge in [-0.25, -0.2) is 9.48 Å². The molecule has 1 fully saturated rings. The van der Waals surface area contributed by atoms with Crippen LogP contribution in [0.3, 0.4) is 0 Å². The van der Waals surface area contributed by atoms with Crippen LogP contribution in [0, 0.1) is 0 Å². The normalized spacial score (nSPS) is 14.2. The van der Waals surface area contributed by atoms with Crippen LogP contribution < -0.4 is 15.8 Å². The number of alkyl halides is 3. The Kier molecular flexibility index (Phi) is 7.88. The quantitative estimate of drug-likeness (QED) is 0.744. The fraction of sp³-hybridized carbons (Fsp3) is 0.353. The maximum absolute atomic E-state index is 12.3. The summed E-state index contributed by atoms with van der Waals surface area (Å²) in [6, 6.07) is 6.90. The number of aromatic nitrogens is 2. The number of aliphatic carboxylic acids is 1. The first kappa shape index (κ1) is 23.0. The van der Waals surface area contributed by atoms with Gasteiger partial charge >= 0.3 is 12.1 Å². The molecule has 0 unspecified atom stereocenters. The Hall–Kier alpha value is -2.30. The number of benzene rings is 1. The zero-order chi connectivity index (χ0) is 21.6. The average molecular weight is 453 g/mol. The summed E-state index contributed by atoms with van der Waals surface area (Å²) in [6.07, 6.45) is -3.36. The number of anilines is 1. The maximum Gasteiger partial charge on any atom is 0.490 e. The second-order valence-electron chi connectivity index (χ2n) is 5.95. The third-order valence-electron chi connectivity index (χ3n) is 3.95. The molecule has 3 rings (SSSR count). The van der Waals surface area contributed by atoms with E-state index in [4.69, 9.17) is 33.1 Å². The number of nitrogens with one attached hydrogen (secondary N) is 1. The Bertz CT molecular complexity index is 895. The van der Waals surface area contributed by atoms with Gasteiger partial charge in [-0.1, -0.05) is 29.3 Å². The number of carboxylic acids is 1. The Morgan fingerprint density at radius 3 is 2.24 bits per heavy atom. The van der Waals surface area contributed by atoms with Crippen LogP contribution >= 0.6 is 23.2 Å². The van der Waals surface area contributed by atoms with Gasteiger partial charge in [0.05, 0.1) is 18.4 Å². The molecule has 2 heterocycles. The molecule has 29 heavy (non-hydrogen) atoms. The van der Waals surface area contributed by atoms with E-state index in [0.29, 0.717) is 15.6 Å². The number of nitrogens with zero attached hydrogens (tertiary/aromatic N) is 3. The summed E-state index contributed by atoms with van der Waals surface area (Å²) < 4.78 is 33.1. The smallest absolute Gasteiger partial charge is 0.475 e. The van der Waals surface area contributed by atoms with Crippen molar-refractivity contribution in [3.63, 3.8) is 0 Å². The van der Waals surface area contributed by atoms with E-state index in [1.165, 1.54) is 4.68 Å². The molecule has 0 radical (unpaired) electrons. The minimum absolute atomic E-state index is 0.160. The van der Waals surface area contributed by atoms with Crippen LogP contribution in [0.5, 0.6) is 0 Å². The van der Waals surface area contributed by atoms with Crippen molar-refractivity contribution in [2.75, 3.05) is 31.1 Å². The summed E-state index contributed by atoms with van der Waals surface area (Å²) in [5, 5.41) is 15.7. The van der Waals surface area contributed by atoms with Gasteiger partial charge in [-0.15, -0.1) is 0 Å². The highest BCUT2D eigenvalue weighted by Gasteiger charge is 2.38. The molecule has 1 aliphatic rings. The molecule has 7 nitrogen and oxygen atoms in total. The maximum atomic E-state index is 12.3. The van der Waals surface area contributed by atoms with Crippen molar-refractivity contribution in [3.8, 4) is 0 Å². The van der Waals surface area contributed by atoms with Gasteiger partial charge in [-0.3, -0.25) is 4.79 Å². The van der Waals surface area contributed by atoms with Gasteiger partial charge in [-0.05, 0) is 12.1 Å². The predicted molar refractivity (Wildman–Crippen MR) is 103 cm³/mol. The average Bonchev–Trinajstić information content (AvgIpc) is 2.66. The number of hydrogen-bond donors (Lipinski definition) is 2. The molecule has 1 aliphatic heterocycles. The Morgan fingerprint density at radius 1 is 1.21 bits per heavy atom. The van der Waals surface area contributed by atoms with Gasteiger partial charge in [0.15, 0.2) is 0 Å². The lowest BCUT2D eigenvalue weighted by Gasteiger charge is -2.29. The molecule has 0 bridgehead atoms. The van der Waals surface area contributed by atoms with Crippen molar-refractivity contribution in [3.05, 3.63) is 56.4 Å². The highest BCUT2D eigenvalue weighted by molar-refractivity contribution is 6.35. The first-order chi connectivity index (χ1) is 13.6. The number of rotatable bonds is 3. The molecule has 158 valence electrons. The van der Waals surface area contributed by atoms with Crippen LogP contribution in [0.1, 0.15) is 5.56 Å². The van der Waals surface area contributed by atoms with Gasteiger partial charge in [-0.2, -0.15) is 18.3 Å². The summed E-state index contributed by atoms with van der Waals surface area (Å²) in [6.45, 7) is 3.85. The molecular formula is C17H17Cl2F3N4O3. The van der Waals surface area contributed by atoms with Gasteiger partial charge in [0.1, 0.15) is 0 Å². The largest absolute Gasteiger partial charge is 0.490 e. The highest BCUT2D eigenvalue weighted by Crippen LogP contribution is 2.24. The minimum atomic E-state index is -5.08. The minimum Gasteiger partial charge on any atom is -0.475 e. The molecule has 1 saturated heterocycles. The molecule has 1 aromatic carbocycles. The lowest BCUT2D eigenvalue weighted by atomic mass is 10.2. The summed E-state index contributed by atoms with van der Waals surface area (Å²) in [4.78, 5) is 23.3. The van der Waals surface area contributed by atoms with E-state index in [0.717, 1.165) is 31.9 Å². The van der Waals surface area contributed by atoms with E-state index in [-0.39, 0.29) is 12.1 Å². The van der Waals surface area contributed by atoms with Gasteiger partial charge in [0.25, 0.3) is 5.56 Å². The highest BCUT2D eigenvalue weighted by atomic mass is 35.5. The predicted octanol–water partition coefficient (Wildman–Crippen LogP) is 2.64. The van der Waals surface area contributed by atoms with Gasteiger partial charge < -0.3 is 15.3 Å². The van der Waals surface area contributed by atoms with Crippen molar-refractivity contribution in [1.29, 1.82) is 0 Å². The number of halogens is 5. The van der Waals surface area contributed by atoms with Crippen LogP contribution in [-0.4, -0.2) is 53.2 Å². The first-order valence-electron chi connectivity index (χ1n) is 8.35. The van der Waals surface area contributed by atoms with E-state index < -0.39 is 12.1 Å². The summed E-state index contributed by atoms with van der Waals surface area (Å²) in [7, 11) is 0. The number of carboxylic acid groups (broad SMARTS) is 1. The standard InChI is InChI=1S/C15H16Cl2N4O.C2HF3O2/c16-13-2-1-3-14(17)12(13)10-21-15(22)8-11(9-19-21)20-6-4-18-5-7-20;3-2(4,5)1(6)7/h1-3,8-9,18H,4-7,10H2;(H,6,7). The molecule has 0 atom stereocenters. The zero-order valence-electron chi connectivity index (χ0n) is 14.9. The van der Waals surface area contributed by atoms with Crippen LogP contribution in [0.4, 0.5) is 18.9 Å². The van der Waals surface area contributed by atoms with Crippen molar-refractivity contribution >= 4 is 34.9 Å². The fourth-order valence-corrected chi connectivity index (χ4v) is 2.99. The molecule has 0 spiro atoms. The zero-order valence-corrected chi connectivity index (χ0v) is 16.4. The Balaban J connectivity index is 0.000000370. The van der Waals surface area contributed by atoms with E-state index in [1.54, 1.807) is 30.5 Å². The summed E-state index contributed by atoms with van der Waals surface area (Å²) in [5.41, 5.74) is 1.40. The van der Waals surface area contributed by atoms with E-state index >= 15 is 0 Å². The molecule has 0 saturated carbocycles. The van der Waals surface area contributed by atoms with Crippen molar-refractivity contribution in [1.82, 2.24) is 15.1 Å². The summed E-state index contributed by atoms with van der Waals surface area (Å²) >= 11 is 12.3. The molecule has 12 heteroatoms. The molecule has 0 aliphatic carbocycles. The van der Waals surface area contributed by atoms with E-state index in [9.17, 15) is 18.0 Å². The van der Waals surface area contributed by atoms with Gasteiger partial charge in [0, 0.05) is 47.9 Å². The fourth-order valence-electron chi connectivity index (χ4n) is 2.47. The van der Waals surface area contributed by atoms with Crippen LogP contribution in [-0.2, 0) is 11.3 Å². The second-order valence-corrected chi connectivity index (χ2v) is 6.76. The third-order valence-corrected chi connectivity index (χ3v) is 4.66. The molecule has 2 aromatic rings. The molecule has 0 amide bonds. The number of piperazine rings is 1. The van der Waals surface area contributed by atoms with Crippen molar-refractivity contribution < 1.29 is 23.1 Å². The molecule has 1 aromatic heterocycles.